The van der Waals surface area contributed by atoms with E-state index < -0.39 is 0 Å². The molecule has 0 unspecified atom stereocenters. The third-order valence-corrected chi connectivity index (χ3v) is 3.87. The Kier molecular flexibility index (Phi) is 4.95. The normalized spacial score (nSPS) is 16.1. The first-order valence-electron chi connectivity index (χ1n) is 7.88. The Morgan fingerprint density at radius 1 is 1.25 bits per heavy atom. The summed E-state index contributed by atoms with van der Waals surface area (Å²) in [5.74, 6) is 0.0558. The number of nitrogens with zero attached hydrogens (tertiary/aromatic N) is 5. The second-order valence-electron chi connectivity index (χ2n) is 5.61. The Hall–Kier alpha value is -2.61. The monoisotopic (exact) mass is 330 g/mol. The van der Waals surface area contributed by atoms with Crippen LogP contribution in [0.1, 0.15) is 17.8 Å². The Morgan fingerprint density at radius 3 is 2.75 bits per heavy atom. The molecule has 1 saturated heterocycles. The van der Waals surface area contributed by atoms with E-state index in [9.17, 15) is 9.18 Å². The number of aromatic nitrogens is 4. The van der Waals surface area contributed by atoms with E-state index in [1.165, 1.54) is 16.8 Å². The number of amides is 1. The fraction of sp³-hybridized carbons (Fsp3) is 0.375. The van der Waals surface area contributed by atoms with Gasteiger partial charge in [0, 0.05) is 19.6 Å². The van der Waals surface area contributed by atoms with E-state index >= 15 is 0 Å². The van der Waals surface area contributed by atoms with Crippen molar-refractivity contribution in [1.82, 2.24) is 30.4 Å². The standard InChI is InChI=1S/C16H19FN6O/c1-12-19-20-21-23(12)15(11-13-3-5-14(17)6-4-13)16(24)22-9-2-7-18-8-10-22/h3-6,11,18H,2,7-10H2,1H3/b15-11-. The molecule has 2 aromatic rings. The largest absolute Gasteiger partial charge is 0.336 e. The number of halogens is 1. The van der Waals surface area contributed by atoms with Crippen molar-refractivity contribution in [3.63, 3.8) is 0 Å². The highest BCUT2D eigenvalue weighted by Crippen LogP contribution is 2.16. The van der Waals surface area contributed by atoms with Crippen molar-refractivity contribution in [3.05, 3.63) is 41.5 Å². The molecule has 1 aromatic heterocycles. The van der Waals surface area contributed by atoms with E-state index in [4.69, 9.17) is 0 Å². The molecule has 126 valence electrons. The van der Waals surface area contributed by atoms with E-state index in [1.54, 1.807) is 30.0 Å². The van der Waals surface area contributed by atoms with Gasteiger partial charge in [-0.1, -0.05) is 12.1 Å². The number of tetrazole rings is 1. The van der Waals surface area contributed by atoms with Gasteiger partial charge >= 0.3 is 0 Å². The van der Waals surface area contributed by atoms with Crippen molar-refractivity contribution in [2.75, 3.05) is 26.2 Å². The molecule has 1 aromatic carbocycles. The molecule has 0 bridgehead atoms. The van der Waals surface area contributed by atoms with Gasteiger partial charge in [-0.25, -0.2) is 4.39 Å². The van der Waals surface area contributed by atoms with Crippen LogP contribution in [0.15, 0.2) is 24.3 Å². The van der Waals surface area contributed by atoms with Gasteiger partial charge in [-0.05, 0) is 54.1 Å². The molecular formula is C16H19FN6O. The van der Waals surface area contributed by atoms with Gasteiger partial charge in [0.25, 0.3) is 5.91 Å². The predicted octanol–water partition coefficient (Wildman–Crippen LogP) is 0.941. The first-order chi connectivity index (χ1) is 11.6. The van der Waals surface area contributed by atoms with Gasteiger partial charge in [0.05, 0.1) is 0 Å². The lowest BCUT2D eigenvalue weighted by Gasteiger charge is -2.21. The molecular weight excluding hydrogens is 311 g/mol. The maximum atomic E-state index is 13.1. The van der Waals surface area contributed by atoms with Gasteiger partial charge < -0.3 is 10.2 Å². The molecule has 24 heavy (non-hydrogen) atoms. The topological polar surface area (TPSA) is 75.9 Å². The Labute approximate surface area is 139 Å². The molecule has 0 spiro atoms. The van der Waals surface area contributed by atoms with Crippen molar-refractivity contribution < 1.29 is 9.18 Å². The van der Waals surface area contributed by atoms with Crippen LogP contribution in [0.5, 0.6) is 0 Å². The lowest BCUT2D eigenvalue weighted by molar-refractivity contribution is -0.125. The second-order valence-corrected chi connectivity index (χ2v) is 5.61. The zero-order valence-corrected chi connectivity index (χ0v) is 13.4. The highest BCUT2D eigenvalue weighted by molar-refractivity contribution is 6.18. The van der Waals surface area contributed by atoms with Gasteiger partial charge in [0.2, 0.25) is 0 Å². The van der Waals surface area contributed by atoms with Crippen LogP contribution in [-0.4, -0.2) is 57.2 Å². The molecule has 1 aliphatic rings. The van der Waals surface area contributed by atoms with E-state index in [1.807, 2.05) is 0 Å². The van der Waals surface area contributed by atoms with Crippen LogP contribution in [0.4, 0.5) is 4.39 Å². The zero-order valence-electron chi connectivity index (χ0n) is 13.4. The molecule has 1 N–H and O–H groups in total. The average Bonchev–Trinajstić information content (AvgIpc) is 2.85. The number of rotatable bonds is 3. The number of carbonyl (C=O) groups excluding carboxylic acids is 1. The van der Waals surface area contributed by atoms with Crippen molar-refractivity contribution in [2.24, 2.45) is 0 Å². The molecule has 0 aliphatic carbocycles. The van der Waals surface area contributed by atoms with Gasteiger partial charge in [-0.3, -0.25) is 4.79 Å². The van der Waals surface area contributed by atoms with Crippen molar-refractivity contribution in [3.8, 4) is 0 Å². The Bertz CT molecular complexity index is 731. The van der Waals surface area contributed by atoms with Gasteiger partial charge in [0.1, 0.15) is 11.5 Å². The molecule has 0 saturated carbocycles. The summed E-state index contributed by atoms with van der Waals surface area (Å²) in [4.78, 5) is 14.8. The van der Waals surface area contributed by atoms with Crippen LogP contribution in [-0.2, 0) is 4.79 Å². The van der Waals surface area contributed by atoms with Crippen molar-refractivity contribution in [2.45, 2.75) is 13.3 Å². The first-order valence-corrected chi connectivity index (χ1v) is 7.88. The van der Waals surface area contributed by atoms with Crippen molar-refractivity contribution in [1.29, 1.82) is 0 Å². The van der Waals surface area contributed by atoms with E-state index in [0.29, 0.717) is 30.2 Å². The summed E-state index contributed by atoms with van der Waals surface area (Å²) < 4.78 is 14.5. The number of carbonyl (C=O) groups is 1. The molecule has 1 aliphatic heterocycles. The molecule has 7 nitrogen and oxygen atoms in total. The number of benzene rings is 1. The number of nitrogens with one attached hydrogen (secondary N) is 1. The summed E-state index contributed by atoms with van der Waals surface area (Å²) in [6.07, 6.45) is 2.58. The summed E-state index contributed by atoms with van der Waals surface area (Å²) in [6, 6.07) is 5.95. The third-order valence-electron chi connectivity index (χ3n) is 3.87. The minimum Gasteiger partial charge on any atom is -0.336 e. The Morgan fingerprint density at radius 2 is 2.04 bits per heavy atom. The van der Waals surface area contributed by atoms with E-state index in [2.05, 4.69) is 20.8 Å². The maximum Gasteiger partial charge on any atom is 0.272 e. The second kappa shape index (κ2) is 7.31. The highest BCUT2D eigenvalue weighted by atomic mass is 19.1. The summed E-state index contributed by atoms with van der Waals surface area (Å²) in [5, 5.41) is 14.7. The first kappa shape index (κ1) is 16.3. The number of hydrogen-bond donors (Lipinski definition) is 1. The van der Waals surface area contributed by atoms with E-state index in [-0.39, 0.29) is 11.7 Å². The third kappa shape index (κ3) is 3.65. The molecule has 3 rings (SSSR count). The van der Waals surface area contributed by atoms with Crippen LogP contribution in [0.25, 0.3) is 11.8 Å². The van der Waals surface area contributed by atoms with Crippen LogP contribution in [0, 0.1) is 12.7 Å². The minimum atomic E-state index is -0.322. The minimum absolute atomic E-state index is 0.140. The van der Waals surface area contributed by atoms with Crippen LogP contribution in [0.3, 0.4) is 0 Å². The quantitative estimate of drug-likeness (QED) is 0.848. The van der Waals surface area contributed by atoms with Crippen LogP contribution >= 0.6 is 0 Å². The molecule has 8 heteroatoms. The SMILES string of the molecule is Cc1nnnn1/C(=C\c1ccc(F)cc1)C(=O)N1CCCNCC1. The van der Waals surface area contributed by atoms with Crippen LogP contribution < -0.4 is 5.32 Å². The molecule has 0 radical (unpaired) electrons. The summed E-state index contributed by atoms with van der Waals surface area (Å²) in [6.45, 7) is 4.68. The summed E-state index contributed by atoms with van der Waals surface area (Å²) in [7, 11) is 0. The summed E-state index contributed by atoms with van der Waals surface area (Å²) >= 11 is 0. The zero-order chi connectivity index (χ0) is 16.9. The number of hydrogen-bond acceptors (Lipinski definition) is 5. The fourth-order valence-corrected chi connectivity index (χ4v) is 2.60. The van der Waals surface area contributed by atoms with E-state index in [0.717, 1.165) is 19.5 Å². The lowest BCUT2D eigenvalue weighted by atomic mass is 10.1. The maximum absolute atomic E-state index is 13.1. The average molecular weight is 330 g/mol. The Balaban J connectivity index is 1.97. The van der Waals surface area contributed by atoms with Crippen molar-refractivity contribution >= 4 is 17.7 Å². The van der Waals surface area contributed by atoms with Crippen LogP contribution in [0.2, 0.25) is 0 Å². The van der Waals surface area contributed by atoms with Gasteiger partial charge in [0.15, 0.2) is 5.82 Å². The smallest absolute Gasteiger partial charge is 0.272 e. The van der Waals surface area contributed by atoms with Gasteiger partial charge in [-0.15, -0.1) is 5.10 Å². The predicted molar refractivity (Wildman–Crippen MR) is 87.2 cm³/mol. The van der Waals surface area contributed by atoms with Gasteiger partial charge in [-0.2, -0.15) is 4.68 Å². The molecule has 2 heterocycles. The molecule has 0 atom stereocenters. The highest BCUT2D eigenvalue weighted by Gasteiger charge is 2.23. The fourth-order valence-electron chi connectivity index (χ4n) is 2.60. The lowest BCUT2D eigenvalue weighted by Crippen LogP contribution is -2.36. The number of aryl methyl sites for hydroxylation is 1. The molecule has 1 amide bonds. The summed E-state index contributed by atoms with van der Waals surface area (Å²) in [5.41, 5.74) is 1.06. The molecule has 1 fully saturated rings.